The van der Waals surface area contributed by atoms with Crippen molar-refractivity contribution in [2.24, 2.45) is 17.3 Å². The maximum absolute atomic E-state index is 13.4. The van der Waals surface area contributed by atoms with Crippen LogP contribution in [0.1, 0.15) is 109 Å². The maximum atomic E-state index is 13.4. The van der Waals surface area contributed by atoms with E-state index < -0.39 is 6.03 Å². The Labute approximate surface area is 390 Å². The summed E-state index contributed by atoms with van der Waals surface area (Å²) in [5, 5.41) is 17.0. The SMILES string of the molecule is Cc1cnc(NC(=O)Nc2cc(Br)c(C)cc2OC[C@@H]2CN(CCCCCCC(=O)Cc3ccc(C(=O)CCC(C)(C)C4Cc5ccc([N+](=O)[O-])cc5C5C=CCC54)cc3)CCO2)cn1. The maximum Gasteiger partial charge on any atom is 0.325 e. The number of nitro benzene ring substituents is 1. The van der Waals surface area contributed by atoms with Crippen molar-refractivity contribution < 1.29 is 28.8 Å². The predicted molar refractivity (Wildman–Crippen MR) is 256 cm³/mol. The van der Waals surface area contributed by atoms with E-state index in [4.69, 9.17) is 9.47 Å². The smallest absolute Gasteiger partial charge is 0.325 e. The van der Waals surface area contributed by atoms with E-state index in [1.807, 2.05) is 56.3 Å². The van der Waals surface area contributed by atoms with E-state index >= 15 is 0 Å². The molecule has 2 heterocycles. The molecule has 1 aliphatic heterocycles. The van der Waals surface area contributed by atoms with E-state index in [0.717, 1.165) is 91.4 Å². The third kappa shape index (κ3) is 12.7. The van der Waals surface area contributed by atoms with Crippen LogP contribution in [0.4, 0.5) is 22.0 Å². The first-order chi connectivity index (χ1) is 31.2. The average molecular weight is 950 g/mol. The van der Waals surface area contributed by atoms with E-state index in [-0.39, 0.29) is 39.6 Å². The molecule has 4 aromatic rings. The summed E-state index contributed by atoms with van der Waals surface area (Å²) in [6, 6.07) is 16.1. The molecule has 7 rings (SSSR count). The van der Waals surface area contributed by atoms with Gasteiger partial charge in [0.15, 0.2) is 11.6 Å². The standard InChI is InChI=1S/C51H61BrN6O7/c1-33-24-48(46(28-45(33)52)55-50(61)56-49-30-53-34(2)29-54-49)65-32-40-31-57(22-23-64-40)21-8-6-5-7-10-39(59)25-35-13-15-36(16-14-35)47(60)19-20-51(3,4)44-26-37-17-18-38(58(62)63)27-43(37)41-11-9-12-42(41)44/h9,11,13-18,24,27-30,40-42,44H,5-8,10,12,19-23,25-26,31-32H2,1-4H3,(H2,54,55,56,61)/t40-,41?,42?,44?/m0/s1. The van der Waals surface area contributed by atoms with Crippen LogP contribution in [0.3, 0.4) is 0 Å². The Hall–Kier alpha value is -5.31. The lowest BCUT2D eigenvalue weighted by atomic mass is 9.59. The van der Waals surface area contributed by atoms with Crippen molar-refractivity contribution in [1.29, 1.82) is 0 Å². The van der Waals surface area contributed by atoms with Gasteiger partial charge in [-0.3, -0.25) is 34.9 Å². The summed E-state index contributed by atoms with van der Waals surface area (Å²) in [6.45, 7) is 11.8. The predicted octanol–water partition coefficient (Wildman–Crippen LogP) is 10.8. The zero-order chi connectivity index (χ0) is 46.1. The number of nitrogens with one attached hydrogen (secondary N) is 2. The van der Waals surface area contributed by atoms with E-state index in [1.165, 1.54) is 11.8 Å². The first-order valence-corrected chi connectivity index (χ1v) is 23.7. The van der Waals surface area contributed by atoms with Crippen molar-refractivity contribution >= 4 is 50.7 Å². The number of anilines is 2. The van der Waals surface area contributed by atoms with E-state index in [0.29, 0.717) is 67.1 Å². The van der Waals surface area contributed by atoms with Gasteiger partial charge in [-0.05, 0) is 104 Å². The number of nitrogens with zero attached hydrogens (tertiary/aromatic N) is 4. The van der Waals surface area contributed by atoms with Crippen molar-refractivity contribution in [2.45, 2.75) is 104 Å². The van der Waals surface area contributed by atoms with Crippen molar-refractivity contribution in [3.63, 3.8) is 0 Å². The van der Waals surface area contributed by atoms with Crippen LogP contribution in [0.25, 0.3) is 0 Å². The summed E-state index contributed by atoms with van der Waals surface area (Å²) in [6.07, 6.45) is 15.3. The molecule has 3 aliphatic rings. The molecule has 0 spiro atoms. The number of unbranched alkanes of at least 4 members (excludes halogenated alkanes) is 3. The van der Waals surface area contributed by atoms with Crippen LogP contribution in [-0.4, -0.2) is 76.3 Å². The van der Waals surface area contributed by atoms with Gasteiger partial charge in [-0.2, -0.15) is 0 Å². The Morgan fingerprint density at radius 2 is 1.78 bits per heavy atom. The van der Waals surface area contributed by atoms with Crippen molar-refractivity contribution in [2.75, 3.05) is 43.5 Å². The van der Waals surface area contributed by atoms with Crippen LogP contribution < -0.4 is 15.4 Å². The largest absolute Gasteiger partial charge is 0.489 e. The van der Waals surface area contributed by atoms with Gasteiger partial charge in [-0.25, -0.2) is 9.78 Å². The normalized spacial score (nSPS) is 19.3. The number of Topliss-reactive ketones (excluding diaryl/α,β-unsaturated/α-hetero) is 2. The number of hydrogen-bond acceptors (Lipinski definition) is 10. The molecule has 14 heteroatoms. The van der Waals surface area contributed by atoms with Gasteiger partial charge in [0.25, 0.3) is 5.69 Å². The number of rotatable bonds is 20. The summed E-state index contributed by atoms with van der Waals surface area (Å²) in [7, 11) is 0. The lowest BCUT2D eigenvalue weighted by molar-refractivity contribution is -0.385. The monoisotopic (exact) mass is 948 g/mol. The highest BCUT2D eigenvalue weighted by Gasteiger charge is 2.44. The third-order valence-corrected chi connectivity index (χ3v) is 14.3. The zero-order valence-corrected chi connectivity index (χ0v) is 39.5. The molecule has 0 radical (unpaired) electrons. The van der Waals surface area contributed by atoms with Crippen molar-refractivity contribution in [3.8, 4) is 5.75 Å². The molecule has 3 unspecified atom stereocenters. The zero-order valence-electron chi connectivity index (χ0n) is 37.9. The Kier molecular flexibility index (Phi) is 16.0. The van der Waals surface area contributed by atoms with Crippen LogP contribution in [0, 0.1) is 41.2 Å². The molecule has 13 nitrogen and oxygen atoms in total. The number of carbonyl (C=O) groups excluding carboxylic acids is 3. The third-order valence-electron chi connectivity index (χ3n) is 13.4. The fourth-order valence-electron chi connectivity index (χ4n) is 9.62. The molecule has 4 atom stereocenters. The molecular weight excluding hydrogens is 888 g/mol. The van der Waals surface area contributed by atoms with Gasteiger partial charge in [0.2, 0.25) is 0 Å². The number of amides is 2. The van der Waals surface area contributed by atoms with Crippen LogP contribution in [0.5, 0.6) is 5.75 Å². The molecule has 2 aliphatic carbocycles. The molecule has 344 valence electrons. The average Bonchev–Trinajstić information content (AvgIpc) is 3.79. The van der Waals surface area contributed by atoms with Gasteiger partial charge < -0.3 is 14.8 Å². The molecule has 2 amide bonds. The Bertz CT molecular complexity index is 2370. The number of nitro groups is 1. The fraction of sp³-hybridized carbons (Fsp3) is 0.471. The fourth-order valence-corrected chi connectivity index (χ4v) is 9.97. The molecule has 0 saturated carbocycles. The summed E-state index contributed by atoms with van der Waals surface area (Å²) in [4.78, 5) is 61.0. The van der Waals surface area contributed by atoms with Gasteiger partial charge in [0, 0.05) is 60.4 Å². The number of morpholine rings is 1. The quantitative estimate of drug-likeness (QED) is 0.0286. The molecular formula is C51H61BrN6O7. The lowest BCUT2D eigenvalue weighted by Gasteiger charge is -2.44. The van der Waals surface area contributed by atoms with Crippen molar-refractivity contribution in [1.82, 2.24) is 14.9 Å². The summed E-state index contributed by atoms with van der Waals surface area (Å²) < 4.78 is 13.1. The topological polar surface area (TPSA) is 166 Å². The van der Waals surface area contributed by atoms with Gasteiger partial charge in [-0.1, -0.05) is 85.1 Å². The van der Waals surface area contributed by atoms with E-state index in [2.05, 4.69) is 67.4 Å². The van der Waals surface area contributed by atoms with Gasteiger partial charge in [0.1, 0.15) is 24.2 Å². The number of ether oxygens (including phenoxy) is 2. The van der Waals surface area contributed by atoms with Gasteiger partial charge in [0.05, 0.1) is 35.3 Å². The van der Waals surface area contributed by atoms with E-state index in [1.54, 1.807) is 18.3 Å². The highest BCUT2D eigenvalue weighted by Crippen LogP contribution is 2.53. The molecule has 1 saturated heterocycles. The first-order valence-electron chi connectivity index (χ1n) is 22.9. The number of halogens is 1. The number of fused-ring (bicyclic) bond motifs is 3. The van der Waals surface area contributed by atoms with Crippen molar-refractivity contribution in [3.05, 3.63) is 127 Å². The Morgan fingerprint density at radius 1 is 0.985 bits per heavy atom. The minimum Gasteiger partial charge on any atom is -0.489 e. The second-order valence-electron chi connectivity index (χ2n) is 18.6. The molecule has 1 aromatic heterocycles. The van der Waals surface area contributed by atoms with Crippen LogP contribution in [0.2, 0.25) is 0 Å². The molecule has 2 N–H and O–H groups in total. The summed E-state index contributed by atoms with van der Waals surface area (Å²) >= 11 is 3.56. The minimum atomic E-state index is -0.455. The van der Waals surface area contributed by atoms with Gasteiger partial charge >= 0.3 is 6.03 Å². The highest BCUT2D eigenvalue weighted by molar-refractivity contribution is 9.10. The number of urea groups is 1. The summed E-state index contributed by atoms with van der Waals surface area (Å²) in [5.41, 5.74) is 6.17. The van der Waals surface area contributed by atoms with E-state index in [9.17, 15) is 24.5 Å². The Balaban J connectivity index is 0.781. The molecule has 65 heavy (non-hydrogen) atoms. The second kappa shape index (κ2) is 21.8. The number of aromatic nitrogens is 2. The number of aryl methyl sites for hydroxylation is 2. The number of carbonyl (C=O) groups is 3. The number of non-ortho nitro benzene ring substituents is 1. The summed E-state index contributed by atoms with van der Waals surface area (Å²) in [5.74, 6) is 2.13. The van der Waals surface area contributed by atoms with Gasteiger partial charge in [-0.15, -0.1) is 0 Å². The number of hydrogen-bond donors (Lipinski definition) is 2. The second-order valence-corrected chi connectivity index (χ2v) is 19.5. The number of allylic oxidation sites excluding steroid dienone is 2. The first kappa shape index (κ1) is 47.6. The van der Waals surface area contributed by atoms with Crippen LogP contribution in [0.15, 0.2) is 83.6 Å². The molecule has 1 fully saturated rings. The molecule has 3 aromatic carbocycles. The van der Waals surface area contributed by atoms with Crippen LogP contribution >= 0.6 is 15.9 Å². The number of benzene rings is 3. The lowest BCUT2D eigenvalue weighted by Crippen LogP contribution is -2.45. The van der Waals surface area contributed by atoms with Crippen LogP contribution in [-0.2, 0) is 22.4 Å². The Morgan fingerprint density at radius 3 is 2.55 bits per heavy atom. The molecule has 0 bridgehead atoms. The number of ketones is 2. The highest BCUT2D eigenvalue weighted by atomic mass is 79.9. The minimum absolute atomic E-state index is 0.0922.